The molecular weight excluding hydrogens is 259 g/mol. The van der Waals surface area contributed by atoms with Crippen molar-refractivity contribution in [3.05, 3.63) is 23.9 Å². The maximum atomic E-state index is 11.9. The van der Waals surface area contributed by atoms with Crippen molar-refractivity contribution in [3.8, 4) is 0 Å². The largest absolute Gasteiger partial charge is 0.411 e. The highest BCUT2D eigenvalue weighted by Gasteiger charge is 2.27. The van der Waals surface area contributed by atoms with E-state index >= 15 is 0 Å². The van der Waals surface area contributed by atoms with Gasteiger partial charge in [0.2, 0.25) is 0 Å². The number of anilines is 1. The first-order valence-corrected chi connectivity index (χ1v) is 6.02. The minimum absolute atomic E-state index is 0.00547. The van der Waals surface area contributed by atoms with Crippen LogP contribution in [0.3, 0.4) is 0 Å². The molecule has 1 atom stereocenters. The summed E-state index contributed by atoms with van der Waals surface area (Å²) in [5, 5.41) is 3.16. The minimum Gasteiger partial charge on any atom is -0.383 e. The van der Waals surface area contributed by atoms with Gasteiger partial charge in [0.05, 0.1) is 0 Å². The Labute approximate surface area is 110 Å². The Morgan fingerprint density at radius 1 is 1.47 bits per heavy atom. The standard InChI is InChI=1S/C12H18F3N3O/c1-2-17-10(5-7-19-8-12(13,14)15)9-4-3-6-18-11(9)16/h3-4,6,10,17H,2,5,7-8H2,1H3,(H2,16,18). The first-order chi connectivity index (χ1) is 8.94. The highest BCUT2D eigenvalue weighted by atomic mass is 19.4. The van der Waals surface area contributed by atoms with Crippen LogP contribution < -0.4 is 11.1 Å². The Hall–Kier alpha value is -1.34. The fourth-order valence-corrected chi connectivity index (χ4v) is 1.73. The molecule has 3 N–H and O–H groups in total. The Bertz CT molecular complexity index is 385. The summed E-state index contributed by atoms with van der Waals surface area (Å²) in [7, 11) is 0. The molecule has 0 amide bonds. The van der Waals surface area contributed by atoms with Crippen molar-refractivity contribution in [2.75, 3.05) is 25.5 Å². The Kier molecular flexibility index (Phi) is 6.04. The van der Waals surface area contributed by atoms with Crippen molar-refractivity contribution in [1.29, 1.82) is 0 Å². The number of nitrogens with zero attached hydrogens (tertiary/aromatic N) is 1. The molecule has 0 aromatic carbocycles. The molecule has 1 aromatic rings. The summed E-state index contributed by atoms with van der Waals surface area (Å²) in [5.41, 5.74) is 6.53. The average Bonchev–Trinajstić information content (AvgIpc) is 2.33. The van der Waals surface area contributed by atoms with E-state index in [9.17, 15) is 13.2 Å². The summed E-state index contributed by atoms with van der Waals surface area (Å²) < 4.78 is 40.4. The van der Waals surface area contributed by atoms with E-state index in [1.807, 2.05) is 6.92 Å². The molecule has 0 aliphatic rings. The highest BCUT2D eigenvalue weighted by molar-refractivity contribution is 5.40. The molecular formula is C12H18F3N3O. The molecule has 19 heavy (non-hydrogen) atoms. The second-order valence-electron chi connectivity index (χ2n) is 4.04. The van der Waals surface area contributed by atoms with Crippen molar-refractivity contribution >= 4 is 5.82 Å². The van der Waals surface area contributed by atoms with E-state index in [0.717, 1.165) is 5.56 Å². The van der Waals surface area contributed by atoms with E-state index in [-0.39, 0.29) is 12.6 Å². The van der Waals surface area contributed by atoms with Gasteiger partial charge in [0.25, 0.3) is 0 Å². The molecule has 1 rings (SSSR count). The molecule has 108 valence electrons. The first-order valence-electron chi connectivity index (χ1n) is 6.02. The van der Waals surface area contributed by atoms with Gasteiger partial charge in [0.15, 0.2) is 0 Å². The second kappa shape index (κ2) is 7.30. The van der Waals surface area contributed by atoms with Gasteiger partial charge in [-0.2, -0.15) is 13.2 Å². The van der Waals surface area contributed by atoms with Crippen LogP contribution in [0.15, 0.2) is 18.3 Å². The first kappa shape index (κ1) is 15.7. The van der Waals surface area contributed by atoms with Crippen LogP contribution in [0.25, 0.3) is 0 Å². The number of rotatable bonds is 7. The molecule has 1 unspecified atom stereocenters. The van der Waals surface area contributed by atoms with Gasteiger partial charge in [0.1, 0.15) is 12.4 Å². The number of nitrogens with two attached hydrogens (primary N) is 1. The highest BCUT2D eigenvalue weighted by Crippen LogP contribution is 2.21. The second-order valence-corrected chi connectivity index (χ2v) is 4.04. The number of pyridine rings is 1. The van der Waals surface area contributed by atoms with Gasteiger partial charge in [-0.15, -0.1) is 0 Å². The molecule has 0 radical (unpaired) electrons. The number of hydrogen-bond acceptors (Lipinski definition) is 4. The Balaban J connectivity index is 2.52. The third-order valence-electron chi connectivity index (χ3n) is 2.51. The zero-order valence-electron chi connectivity index (χ0n) is 10.7. The third-order valence-corrected chi connectivity index (χ3v) is 2.51. The average molecular weight is 277 g/mol. The normalized spacial score (nSPS) is 13.5. The van der Waals surface area contributed by atoms with Crippen LogP contribution in [0.1, 0.15) is 24.9 Å². The lowest BCUT2D eigenvalue weighted by atomic mass is 10.1. The van der Waals surface area contributed by atoms with E-state index in [1.54, 1.807) is 18.3 Å². The quantitative estimate of drug-likeness (QED) is 0.751. The summed E-state index contributed by atoms with van der Waals surface area (Å²) in [6.07, 6.45) is -2.32. The topological polar surface area (TPSA) is 60.2 Å². The minimum atomic E-state index is -4.29. The lowest BCUT2D eigenvalue weighted by Gasteiger charge is -2.19. The van der Waals surface area contributed by atoms with Gasteiger partial charge in [-0.05, 0) is 19.0 Å². The van der Waals surface area contributed by atoms with Crippen LogP contribution >= 0.6 is 0 Å². The third kappa shape index (κ3) is 5.89. The van der Waals surface area contributed by atoms with Crippen LogP contribution in [-0.2, 0) is 4.74 Å². The van der Waals surface area contributed by atoms with Crippen LogP contribution in [-0.4, -0.2) is 30.9 Å². The van der Waals surface area contributed by atoms with E-state index < -0.39 is 12.8 Å². The van der Waals surface area contributed by atoms with Gasteiger partial charge in [0, 0.05) is 24.4 Å². The monoisotopic (exact) mass is 277 g/mol. The molecule has 4 nitrogen and oxygen atoms in total. The lowest BCUT2D eigenvalue weighted by molar-refractivity contribution is -0.174. The molecule has 1 aromatic heterocycles. The van der Waals surface area contributed by atoms with Crippen molar-refractivity contribution in [2.24, 2.45) is 0 Å². The van der Waals surface area contributed by atoms with Gasteiger partial charge < -0.3 is 15.8 Å². The van der Waals surface area contributed by atoms with E-state index in [1.165, 1.54) is 0 Å². The van der Waals surface area contributed by atoms with Gasteiger partial charge in [-0.25, -0.2) is 4.98 Å². The van der Waals surface area contributed by atoms with Crippen LogP contribution in [0.2, 0.25) is 0 Å². The van der Waals surface area contributed by atoms with Gasteiger partial charge in [-0.3, -0.25) is 0 Å². The fourth-order valence-electron chi connectivity index (χ4n) is 1.73. The molecule has 0 fully saturated rings. The zero-order valence-corrected chi connectivity index (χ0v) is 10.7. The number of alkyl halides is 3. The van der Waals surface area contributed by atoms with E-state index in [4.69, 9.17) is 5.73 Å². The summed E-state index contributed by atoms with van der Waals surface area (Å²) in [6, 6.07) is 3.39. The number of halogens is 3. The van der Waals surface area contributed by atoms with Gasteiger partial charge in [-0.1, -0.05) is 13.0 Å². The van der Waals surface area contributed by atoms with E-state index in [2.05, 4.69) is 15.0 Å². The number of aromatic nitrogens is 1. The SMILES string of the molecule is CCNC(CCOCC(F)(F)F)c1cccnc1N. The van der Waals surface area contributed by atoms with Crippen LogP contribution in [0.4, 0.5) is 19.0 Å². The Morgan fingerprint density at radius 3 is 2.79 bits per heavy atom. The van der Waals surface area contributed by atoms with Crippen LogP contribution in [0.5, 0.6) is 0 Å². The summed E-state index contributed by atoms with van der Waals surface area (Å²) in [4.78, 5) is 3.97. The van der Waals surface area contributed by atoms with E-state index in [0.29, 0.717) is 18.8 Å². The Morgan fingerprint density at radius 2 is 2.21 bits per heavy atom. The maximum Gasteiger partial charge on any atom is 0.411 e. The maximum absolute atomic E-state index is 11.9. The summed E-state index contributed by atoms with van der Waals surface area (Å²) in [6.45, 7) is 1.37. The predicted octanol–water partition coefficient (Wildman–Crippen LogP) is 2.28. The van der Waals surface area contributed by atoms with Crippen molar-refractivity contribution in [1.82, 2.24) is 10.3 Å². The zero-order chi connectivity index (χ0) is 14.3. The molecule has 0 saturated carbocycles. The summed E-state index contributed by atoms with van der Waals surface area (Å²) in [5.74, 6) is 0.379. The van der Waals surface area contributed by atoms with Crippen molar-refractivity contribution in [3.63, 3.8) is 0 Å². The molecule has 0 aliphatic heterocycles. The molecule has 0 bridgehead atoms. The van der Waals surface area contributed by atoms with Crippen LogP contribution in [0, 0.1) is 0 Å². The van der Waals surface area contributed by atoms with Gasteiger partial charge >= 0.3 is 6.18 Å². The number of hydrogen-bond donors (Lipinski definition) is 2. The molecule has 0 aliphatic carbocycles. The predicted molar refractivity (Wildman–Crippen MR) is 66.6 cm³/mol. The smallest absolute Gasteiger partial charge is 0.383 e. The van der Waals surface area contributed by atoms with Crippen molar-refractivity contribution < 1.29 is 17.9 Å². The number of nitrogen functional groups attached to an aromatic ring is 1. The molecule has 7 heteroatoms. The summed E-state index contributed by atoms with van der Waals surface area (Å²) >= 11 is 0. The number of nitrogens with one attached hydrogen (secondary N) is 1. The molecule has 0 spiro atoms. The fraction of sp³-hybridized carbons (Fsp3) is 0.583. The number of ether oxygens (including phenoxy) is 1. The molecule has 0 saturated heterocycles. The molecule has 1 heterocycles. The lowest BCUT2D eigenvalue weighted by Crippen LogP contribution is -2.25. The van der Waals surface area contributed by atoms with Crippen molar-refractivity contribution in [2.45, 2.75) is 25.6 Å².